The summed E-state index contributed by atoms with van der Waals surface area (Å²) >= 11 is 5.15. The second kappa shape index (κ2) is 10.2. The Morgan fingerprint density at radius 1 is 1.13 bits per heavy atom. The van der Waals surface area contributed by atoms with Crippen LogP contribution in [0.4, 0.5) is 5.69 Å². The molecule has 1 aromatic carbocycles. The largest absolute Gasteiger partial charge is 0.393 e. The number of hydrogen-bond acceptors (Lipinski definition) is 3. The zero-order chi connectivity index (χ0) is 17.2. The maximum Gasteiger partial charge on any atom is 0.241 e. The second-order valence-corrected chi connectivity index (χ2v) is 6.60. The Hall–Kier alpha value is -1.66. The number of nitrogens with one attached hydrogen (secondary N) is 3. The Morgan fingerprint density at radius 3 is 2.35 bits per heavy atom. The highest BCUT2D eigenvalue weighted by atomic mass is 32.1. The lowest BCUT2D eigenvalue weighted by molar-refractivity contribution is -0.126. The van der Waals surface area contributed by atoms with E-state index in [-0.39, 0.29) is 11.8 Å². The lowest BCUT2D eigenvalue weighted by Crippen LogP contribution is -2.46. The predicted molar refractivity (Wildman–Crippen MR) is 97.8 cm³/mol. The van der Waals surface area contributed by atoms with Crippen LogP contribution in [0.15, 0.2) is 30.3 Å². The Kier molecular flexibility index (Phi) is 8.58. The molecule has 1 amide bonds. The molecule has 1 aromatic rings. The monoisotopic (exact) mass is 337 g/mol. The highest BCUT2D eigenvalue weighted by molar-refractivity contribution is 7.80. The number of thiocarbonyl (C=S) groups is 1. The van der Waals surface area contributed by atoms with Crippen LogP contribution in [-0.4, -0.2) is 22.2 Å². The number of hydrogen-bond donors (Lipinski definition) is 4. The molecule has 0 aliphatic rings. The van der Waals surface area contributed by atoms with Gasteiger partial charge in [-0.1, -0.05) is 38.5 Å². The molecule has 2 atom stereocenters. The minimum absolute atomic E-state index is 0.149. The summed E-state index contributed by atoms with van der Waals surface area (Å²) in [5.41, 5.74) is 6.19. The number of amides is 1. The van der Waals surface area contributed by atoms with Crippen molar-refractivity contribution in [3.8, 4) is 0 Å². The second-order valence-electron chi connectivity index (χ2n) is 6.19. The lowest BCUT2D eigenvalue weighted by Gasteiger charge is -2.20. The molecule has 0 radical (unpaired) electrons. The molecule has 4 N–H and O–H groups in total. The molecular weight excluding hydrogens is 310 g/mol. The summed E-state index contributed by atoms with van der Waals surface area (Å²) in [6.07, 6.45) is 1.62. The first kappa shape index (κ1) is 19.4. The molecule has 128 valence electrons. The van der Waals surface area contributed by atoms with Gasteiger partial charge in [-0.2, -0.15) is 0 Å². The Morgan fingerprint density at radius 2 is 1.78 bits per heavy atom. The summed E-state index contributed by atoms with van der Waals surface area (Å²) in [7, 11) is 0. The quantitative estimate of drug-likeness (QED) is 0.455. The molecule has 0 unspecified atom stereocenters. The van der Waals surface area contributed by atoms with Gasteiger partial charge in [-0.15, -0.1) is 0 Å². The van der Waals surface area contributed by atoms with Crippen molar-refractivity contribution in [3.63, 3.8) is 0 Å². The minimum atomic E-state index is -0.507. The Balaban J connectivity index is 2.45. The van der Waals surface area contributed by atoms with Crippen LogP contribution in [-0.2, 0) is 4.79 Å². The fourth-order valence-corrected chi connectivity index (χ4v) is 2.38. The summed E-state index contributed by atoms with van der Waals surface area (Å²) in [4.78, 5) is 12.3. The molecular formula is C17H27N3O2S. The summed E-state index contributed by atoms with van der Waals surface area (Å²) in [5.74, 6) is 0.140. The Labute approximate surface area is 143 Å². The summed E-state index contributed by atoms with van der Waals surface area (Å²) in [5, 5.41) is 12.9. The zero-order valence-electron chi connectivity index (χ0n) is 14.0. The number of anilines is 1. The highest BCUT2D eigenvalue weighted by Crippen LogP contribution is 2.17. The van der Waals surface area contributed by atoms with Gasteiger partial charge in [0, 0.05) is 11.6 Å². The van der Waals surface area contributed by atoms with Crippen molar-refractivity contribution < 1.29 is 9.90 Å². The van der Waals surface area contributed by atoms with E-state index in [1.807, 2.05) is 30.3 Å². The number of benzene rings is 1. The van der Waals surface area contributed by atoms with E-state index >= 15 is 0 Å². The van der Waals surface area contributed by atoms with Crippen molar-refractivity contribution in [1.82, 2.24) is 10.9 Å². The third kappa shape index (κ3) is 8.52. The van der Waals surface area contributed by atoms with Gasteiger partial charge in [0.05, 0.1) is 6.10 Å². The van der Waals surface area contributed by atoms with Crippen molar-refractivity contribution in [2.45, 2.75) is 46.1 Å². The predicted octanol–water partition coefficient (Wildman–Crippen LogP) is 2.83. The number of aliphatic hydroxyl groups is 1. The SMILES string of the molecule is CC(C)CC[C@H](C[C@@H](C)O)C(=O)NNC(=S)Nc1ccccc1. The van der Waals surface area contributed by atoms with Crippen LogP contribution in [0, 0.1) is 11.8 Å². The maximum atomic E-state index is 12.3. The van der Waals surface area contributed by atoms with Gasteiger partial charge in [0.25, 0.3) is 0 Å². The van der Waals surface area contributed by atoms with Crippen LogP contribution in [0.1, 0.15) is 40.0 Å². The third-order valence-corrected chi connectivity index (χ3v) is 3.62. The van der Waals surface area contributed by atoms with E-state index in [1.54, 1.807) is 6.92 Å². The standard InChI is InChI=1S/C17H27N3O2S/c1-12(2)9-10-14(11-13(3)21)16(22)19-20-17(23)18-15-7-5-4-6-8-15/h4-8,12-14,21H,9-11H2,1-3H3,(H,19,22)(H2,18,20,23)/t13-,14-/m1/s1. The van der Waals surface area contributed by atoms with Gasteiger partial charge in [0.15, 0.2) is 5.11 Å². The first-order valence-electron chi connectivity index (χ1n) is 7.98. The molecule has 0 aliphatic carbocycles. The van der Waals surface area contributed by atoms with Crippen LogP contribution >= 0.6 is 12.2 Å². The van der Waals surface area contributed by atoms with Crippen molar-refractivity contribution in [2.24, 2.45) is 11.8 Å². The smallest absolute Gasteiger partial charge is 0.241 e. The maximum absolute atomic E-state index is 12.3. The van der Waals surface area contributed by atoms with Crippen LogP contribution in [0.3, 0.4) is 0 Å². The first-order chi connectivity index (χ1) is 10.9. The van der Waals surface area contributed by atoms with Gasteiger partial charge in [0.1, 0.15) is 0 Å². The lowest BCUT2D eigenvalue weighted by atomic mass is 9.92. The van der Waals surface area contributed by atoms with Crippen LogP contribution in [0.25, 0.3) is 0 Å². The summed E-state index contributed by atoms with van der Waals surface area (Å²) in [6, 6.07) is 9.48. The number of hydrazine groups is 1. The molecule has 0 saturated heterocycles. The topological polar surface area (TPSA) is 73.4 Å². The number of carbonyl (C=O) groups is 1. The van der Waals surface area contributed by atoms with Crippen molar-refractivity contribution in [1.29, 1.82) is 0 Å². The molecule has 0 aromatic heterocycles. The average molecular weight is 337 g/mol. The van der Waals surface area contributed by atoms with Crippen LogP contribution in [0.2, 0.25) is 0 Å². The first-order valence-corrected chi connectivity index (χ1v) is 8.39. The van der Waals surface area contributed by atoms with Gasteiger partial charge in [-0.25, -0.2) is 0 Å². The van der Waals surface area contributed by atoms with E-state index in [1.165, 1.54) is 0 Å². The molecule has 6 heteroatoms. The molecule has 23 heavy (non-hydrogen) atoms. The van der Waals surface area contributed by atoms with Crippen LogP contribution < -0.4 is 16.2 Å². The average Bonchev–Trinajstić information content (AvgIpc) is 2.49. The number of rotatable bonds is 7. The van der Waals surface area contributed by atoms with Crippen molar-refractivity contribution >= 4 is 28.9 Å². The number of para-hydroxylation sites is 1. The zero-order valence-corrected chi connectivity index (χ0v) is 14.8. The minimum Gasteiger partial charge on any atom is -0.393 e. The van der Waals surface area contributed by atoms with E-state index < -0.39 is 6.10 Å². The van der Waals surface area contributed by atoms with E-state index in [9.17, 15) is 9.90 Å². The van der Waals surface area contributed by atoms with E-state index in [0.717, 1.165) is 18.5 Å². The molecule has 0 bridgehead atoms. The molecule has 1 rings (SSSR count). The molecule has 0 aliphatic heterocycles. The van der Waals surface area contributed by atoms with Gasteiger partial charge < -0.3 is 10.4 Å². The Bertz CT molecular complexity index is 492. The number of carbonyl (C=O) groups excluding carboxylic acids is 1. The van der Waals surface area contributed by atoms with E-state index in [4.69, 9.17) is 12.2 Å². The third-order valence-electron chi connectivity index (χ3n) is 3.42. The normalized spacial score (nSPS) is 13.3. The fourth-order valence-electron chi connectivity index (χ4n) is 2.21. The molecule has 0 fully saturated rings. The van der Waals surface area contributed by atoms with Gasteiger partial charge in [-0.3, -0.25) is 15.6 Å². The van der Waals surface area contributed by atoms with Crippen LogP contribution in [0.5, 0.6) is 0 Å². The molecule has 0 heterocycles. The fraction of sp³-hybridized carbons (Fsp3) is 0.529. The summed E-state index contributed by atoms with van der Waals surface area (Å²) in [6.45, 7) is 5.94. The molecule has 0 saturated carbocycles. The van der Waals surface area contributed by atoms with Gasteiger partial charge >= 0.3 is 0 Å². The van der Waals surface area contributed by atoms with Gasteiger partial charge in [-0.05, 0) is 50.0 Å². The highest BCUT2D eigenvalue weighted by Gasteiger charge is 2.20. The molecule has 5 nitrogen and oxygen atoms in total. The van der Waals surface area contributed by atoms with Gasteiger partial charge in [0.2, 0.25) is 5.91 Å². The van der Waals surface area contributed by atoms with Crippen molar-refractivity contribution in [3.05, 3.63) is 30.3 Å². The summed E-state index contributed by atoms with van der Waals surface area (Å²) < 4.78 is 0. The van der Waals surface area contributed by atoms with E-state index in [0.29, 0.717) is 17.5 Å². The molecule has 0 spiro atoms. The van der Waals surface area contributed by atoms with Crippen molar-refractivity contribution in [2.75, 3.05) is 5.32 Å². The van der Waals surface area contributed by atoms with E-state index in [2.05, 4.69) is 30.0 Å². The number of aliphatic hydroxyl groups excluding tert-OH is 1.